The first-order chi connectivity index (χ1) is 13.0. The fraction of sp³-hybridized carbons (Fsp3) is 0.471. The largest absolute Gasteiger partial charge is 0.456 e. The number of esters is 1. The molecule has 0 saturated heterocycles. The van der Waals surface area contributed by atoms with Crippen molar-refractivity contribution in [2.45, 2.75) is 32.4 Å². The van der Waals surface area contributed by atoms with Crippen molar-refractivity contribution in [3.8, 4) is 0 Å². The first-order valence-corrected chi connectivity index (χ1v) is 10.8. The van der Waals surface area contributed by atoms with Crippen molar-refractivity contribution in [2.24, 2.45) is 0 Å². The highest BCUT2D eigenvalue weighted by Gasteiger charge is 2.31. The predicted molar refractivity (Wildman–Crippen MR) is 101 cm³/mol. The van der Waals surface area contributed by atoms with Crippen LogP contribution < -0.4 is 0 Å². The Morgan fingerprint density at radius 2 is 1.89 bits per heavy atom. The van der Waals surface area contributed by atoms with Crippen LogP contribution in [0.3, 0.4) is 0 Å². The Hall–Kier alpha value is -1.73. The zero-order valence-electron chi connectivity index (χ0n) is 15.3. The Balaban J connectivity index is 2.18. The molecule has 1 unspecified atom stereocenters. The number of hydrogen-bond donors (Lipinski definition) is 0. The minimum absolute atomic E-state index is 0.0939. The van der Waals surface area contributed by atoms with E-state index in [9.17, 15) is 9.36 Å². The van der Waals surface area contributed by atoms with Gasteiger partial charge in [0.25, 0.3) is 0 Å². The molecule has 1 heterocycles. The van der Waals surface area contributed by atoms with Gasteiger partial charge in [-0.3, -0.25) is 4.57 Å². The van der Waals surface area contributed by atoms with Crippen molar-refractivity contribution in [3.63, 3.8) is 0 Å². The van der Waals surface area contributed by atoms with E-state index < -0.39 is 19.7 Å². The number of ether oxygens (including phenoxy) is 1. The number of rotatable bonds is 11. The van der Waals surface area contributed by atoms with Crippen LogP contribution in [-0.4, -0.2) is 46.4 Å². The summed E-state index contributed by atoms with van der Waals surface area (Å²) in [5, 5.41) is 7.85. The highest BCUT2D eigenvalue weighted by atomic mass is 35.5. The summed E-state index contributed by atoms with van der Waals surface area (Å²) in [4.78, 5) is 12.4. The second-order valence-corrected chi connectivity index (χ2v) is 7.96. The molecule has 8 nitrogen and oxygen atoms in total. The lowest BCUT2D eigenvalue weighted by Crippen LogP contribution is -2.28. The van der Waals surface area contributed by atoms with Crippen LogP contribution in [0, 0.1) is 0 Å². The quantitative estimate of drug-likeness (QED) is 0.315. The molecule has 0 aliphatic carbocycles. The van der Waals surface area contributed by atoms with Crippen LogP contribution >= 0.6 is 19.2 Å². The average molecular weight is 416 g/mol. The number of benzene rings is 1. The summed E-state index contributed by atoms with van der Waals surface area (Å²) in [6, 6.07) is 8.56. The number of aromatic nitrogens is 3. The van der Waals surface area contributed by atoms with Gasteiger partial charge in [0.15, 0.2) is 0 Å². The third kappa shape index (κ3) is 6.74. The first kappa shape index (κ1) is 21.6. The van der Waals surface area contributed by atoms with Crippen molar-refractivity contribution in [1.82, 2.24) is 15.0 Å². The number of nitrogens with zero attached hydrogens (tertiary/aromatic N) is 3. The summed E-state index contributed by atoms with van der Waals surface area (Å²) in [6.07, 6.45) is 0.762. The average Bonchev–Trinajstić information content (AvgIpc) is 3.10. The van der Waals surface area contributed by atoms with Crippen molar-refractivity contribution < 1.29 is 23.1 Å². The lowest BCUT2D eigenvalue weighted by molar-refractivity contribution is 0.0289. The molecule has 10 heteroatoms. The van der Waals surface area contributed by atoms with Crippen molar-refractivity contribution >= 4 is 25.2 Å². The van der Waals surface area contributed by atoms with Gasteiger partial charge in [0.2, 0.25) is 0 Å². The fourth-order valence-electron chi connectivity index (χ4n) is 2.41. The van der Waals surface area contributed by atoms with Gasteiger partial charge in [0.05, 0.1) is 43.1 Å². The molecule has 0 amide bonds. The summed E-state index contributed by atoms with van der Waals surface area (Å²) >= 11 is 5.74. The van der Waals surface area contributed by atoms with Crippen LogP contribution in [0.4, 0.5) is 0 Å². The van der Waals surface area contributed by atoms with E-state index in [4.69, 9.17) is 25.4 Å². The molecule has 27 heavy (non-hydrogen) atoms. The third-order valence-electron chi connectivity index (χ3n) is 3.48. The van der Waals surface area contributed by atoms with E-state index in [0.29, 0.717) is 11.3 Å². The Bertz CT molecular complexity index is 761. The zero-order valence-corrected chi connectivity index (χ0v) is 16.9. The fourth-order valence-corrected chi connectivity index (χ4v) is 4.29. The maximum atomic E-state index is 12.9. The van der Waals surface area contributed by atoms with Crippen LogP contribution in [-0.2, 0) is 30.8 Å². The molecule has 0 aliphatic heterocycles. The van der Waals surface area contributed by atoms with Crippen LogP contribution in [0.5, 0.6) is 0 Å². The molecule has 0 fully saturated rings. The van der Waals surface area contributed by atoms with E-state index in [-0.39, 0.29) is 31.8 Å². The molecule has 2 aromatic rings. The molecular formula is C17H23ClN3O5P. The zero-order chi connectivity index (χ0) is 19.7. The Morgan fingerprint density at radius 1 is 1.22 bits per heavy atom. The smallest absolute Gasteiger partial charge is 0.338 e. The second kappa shape index (κ2) is 10.6. The Morgan fingerprint density at radius 3 is 2.44 bits per heavy atom. The molecule has 0 saturated carbocycles. The molecule has 0 aliphatic rings. The van der Waals surface area contributed by atoms with Gasteiger partial charge in [0.1, 0.15) is 6.10 Å². The summed E-state index contributed by atoms with van der Waals surface area (Å²) in [6.45, 7) is 4.03. The molecule has 0 bridgehead atoms. The van der Waals surface area contributed by atoms with Gasteiger partial charge in [-0.1, -0.05) is 23.4 Å². The standard InChI is InChI=1S/C17H23ClN3O5P/c1-3-24-27(23,25-4-2)13-16(12-21-11-15(10-18)19-20-21)26-17(22)14-8-6-5-7-9-14/h5-9,11,16H,3-4,10,12-13H2,1-2H3. The maximum Gasteiger partial charge on any atom is 0.338 e. The van der Waals surface area contributed by atoms with E-state index in [2.05, 4.69) is 10.3 Å². The normalized spacial score (nSPS) is 12.7. The molecule has 1 atom stereocenters. The maximum absolute atomic E-state index is 12.9. The SMILES string of the molecule is CCOP(=O)(CC(Cn1cc(CCl)nn1)OC(=O)c1ccccc1)OCC. The third-order valence-corrected chi connectivity index (χ3v) is 5.91. The van der Waals surface area contributed by atoms with Gasteiger partial charge in [0, 0.05) is 6.20 Å². The summed E-state index contributed by atoms with van der Waals surface area (Å²) in [5.41, 5.74) is 0.979. The van der Waals surface area contributed by atoms with E-state index >= 15 is 0 Å². The van der Waals surface area contributed by atoms with E-state index in [1.54, 1.807) is 50.4 Å². The van der Waals surface area contributed by atoms with Gasteiger partial charge in [-0.25, -0.2) is 9.48 Å². The molecule has 2 rings (SSSR count). The van der Waals surface area contributed by atoms with Crippen molar-refractivity contribution in [1.29, 1.82) is 0 Å². The van der Waals surface area contributed by atoms with Crippen molar-refractivity contribution in [3.05, 3.63) is 47.8 Å². The number of carbonyl (C=O) groups excluding carboxylic acids is 1. The summed E-state index contributed by atoms with van der Waals surface area (Å²) < 4.78 is 30.6. The van der Waals surface area contributed by atoms with Gasteiger partial charge in [-0.2, -0.15) is 0 Å². The minimum Gasteiger partial charge on any atom is -0.456 e. The minimum atomic E-state index is -3.43. The lowest BCUT2D eigenvalue weighted by Gasteiger charge is -2.23. The predicted octanol–water partition coefficient (Wildman–Crippen LogP) is 3.51. The second-order valence-electron chi connectivity index (χ2n) is 5.59. The van der Waals surface area contributed by atoms with E-state index in [0.717, 1.165) is 0 Å². The topological polar surface area (TPSA) is 92.5 Å². The highest BCUT2D eigenvalue weighted by molar-refractivity contribution is 7.53. The van der Waals surface area contributed by atoms with Crippen LogP contribution in [0.15, 0.2) is 36.5 Å². The molecule has 0 spiro atoms. The Labute approximate surface area is 163 Å². The number of halogens is 1. The van der Waals surface area contributed by atoms with E-state index in [1.165, 1.54) is 4.68 Å². The van der Waals surface area contributed by atoms with Crippen LogP contribution in [0.2, 0.25) is 0 Å². The highest BCUT2D eigenvalue weighted by Crippen LogP contribution is 2.49. The summed E-state index contributed by atoms with van der Waals surface area (Å²) in [5.74, 6) is -0.317. The first-order valence-electron chi connectivity index (χ1n) is 8.58. The Kier molecular flexibility index (Phi) is 8.44. The molecule has 0 N–H and O–H groups in total. The monoisotopic (exact) mass is 415 g/mol. The number of alkyl halides is 1. The van der Waals surface area contributed by atoms with Gasteiger partial charge in [-0.05, 0) is 26.0 Å². The number of carbonyl (C=O) groups is 1. The molecule has 0 radical (unpaired) electrons. The van der Waals surface area contributed by atoms with Gasteiger partial charge in [-0.15, -0.1) is 16.7 Å². The lowest BCUT2D eigenvalue weighted by atomic mass is 10.2. The molecule has 1 aromatic heterocycles. The van der Waals surface area contributed by atoms with Crippen molar-refractivity contribution in [2.75, 3.05) is 19.4 Å². The number of hydrogen-bond acceptors (Lipinski definition) is 7. The van der Waals surface area contributed by atoms with E-state index in [1.807, 2.05) is 0 Å². The molecule has 1 aromatic carbocycles. The van der Waals surface area contributed by atoms with Crippen LogP contribution in [0.25, 0.3) is 0 Å². The van der Waals surface area contributed by atoms with Gasteiger partial charge >= 0.3 is 13.6 Å². The van der Waals surface area contributed by atoms with Crippen LogP contribution in [0.1, 0.15) is 29.9 Å². The van der Waals surface area contributed by atoms with Gasteiger partial charge < -0.3 is 13.8 Å². The molecular weight excluding hydrogens is 393 g/mol. The molecule has 148 valence electrons. The summed E-state index contributed by atoms with van der Waals surface area (Å²) in [7, 11) is -3.43.